The highest BCUT2D eigenvalue weighted by Crippen LogP contribution is 2.38. The zero-order chi connectivity index (χ0) is 13.3. The van der Waals surface area contributed by atoms with Crippen LogP contribution in [0.25, 0.3) is 0 Å². The molecule has 0 N–H and O–H groups in total. The minimum Gasteiger partial charge on any atom is -0.381 e. The normalized spacial score (nSPS) is 27.4. The van der Waals surface area contributed by atoms with Gasteiger partial charge in [-0.25, -0.2) is 4.98 Å². The summed E-state index contributed by atoms with van der Waals surface area (Å²) in [4.78, 5) is 18.6. The van der Waals surface area contributed by atoms with Gasteiger partial charge < -0.3 is 9.64 Å². The van der Waals surface area contributed by atoms with Crippen molar-refractivity contribution in [2.45, 2.75) is 39.2 Å². The van der Waals surface area contributed by atoms with Crippen molar-refractivity contribution in [3.8, 4) is 0 Å². The molecule has 1 aromatic heterocycles. The largest absolute Gasteiger partial charge is 0.381 e. The molecule has 0 bridgehead atoms. The van der Waals surface area contributed by atoms with Crippen molar-refractivity contribution in [1.82, 2.24) is 9.88 Å². The summed E-state index contributed by atoms with van der Waals surface area (Å²) >= 11 is 1.66. The van der Waals surface area contributed by atoms with Crippen LogP contribution in [0.1, 0.15) is 36.9 Å². The fourth-order valence-electron chi connectivity index (χ4n) is 2.96. The van der Waals surface area contributed by atoms with Crippen LogP contribution in [-0.2, 0) is 22.5 Å². The van der Waals surface area contributed by atoms with Gasteiger partial charge in [0.05, 0.1) is 18.8 Å². The number of carbonyl (C=O) groups is 1. The summed E-state index contributed by atoms with van der Waals surface area (Å²) in [5, 5.41) is 3.15. The lowest BCUT2D eigenvalue weighted by Gasteiger charge is -2.38. The van der Waals surface area contributed by atoms with E-state index in [-0.39, 0.29) is 11.3 Å². The molecule has 2 saturated heterocycles. The second-order valence-electron chi connectivity index (χ2n) is 5.64. The Hall–Kier alpha value is -0.940. The van der Waals surface area contributed by atoms with E-state index >= 15 is 0 Å². The molecule has 104 valence electrons. The number of hydrogen-bond acceptors (Lipinski definition) is 4. The SMILES string of the molecule is CCc1csc(CN2C[C@@]3(CCOC3)CCC2=O)n1. The number of nitrogens with zero attached hydrogens (tertiary/aromatic N) is 2. The molecule has 1 spiro atoms. The predicted octanol–water partition coefficient (Wildman–Crippen LogP) is 2.23. The molecule has 0 aromatic carbocycles. The van der Waals surface area contributed by atoms with Gasteiger partial charge in [0.25, 0.3) is 0 Å². The zero-order valence-electron chi connectivity index (χ0n) is 11.4. The lowest BCUT2D eigenvalue weighted by molar-refractivity contribution is -0.138. The molecule has 1 amide bonds. The third-order valence-electron chi connectivity index (χ3n) is 4.22. The number of thiazole rings is 1. The molecule has 1 atom stereocenters. The van der Waals surface area contributed by atoms with Crippen LogP contribution >= 0.6 is 11.3 Å². The highest BCUT2D eigenvalue weighted by molar-refractivity contribution is 7.09. The molecule has 2 aliphatic rings. The number of carbonyl (C=O) groups excluding carboxylic acids is 1. The maximum Gasteiger partial charge on any atom is 0.222 e. The average molecular weight is 280 g/mol. The molecule has 2 fully saturated rings. The molecule has 3 rings (SSSR count). The van der Waals surface area contributed by atoms with E-state index in [4.69, 9.17) is 4.74 Å². The Kier molecular flexibility index (Phi) is 3.58. The molecule has 19 heavy (non-hydrogen) atoms. The number of aryl methyl sites for hydroxylation is 1. The Morgan fingerprint density at radius 1 is 1.53 bits per heavy atom. The van der Waals surface area contributed by atoms with E-state index in [1.165, 1.54) is 0 Å². The zero-order valence-corrected chi connectivity index (χ0v) is 12.2. The fraction of sp³-hybridized carbons (Fsp3) is 0.714. The monoisotopic (exact) mass is 280 g/mol. The van der Waals surface area contributed by atoms with Crippen LogP contribution in [0.4, 0.5) is 0 Å². The molecule has 2 aliphatic heterocycles. The van der Waals surface area contributed by atoms with Crippen molar-refractivity contribution in [1.29, 1.82) is 0 Å². The number of likely N-dealkylation sites (tertiary alicyclic amines) is 1. The topological polar surface area (TPSA) is 42.4 Å². The highest BCUT2D eigenvalue weighted by atomic mass is 32.1. The summed E-state index contributed by atoms with van der Waals surface area (Å²) in [6.07, 6.45) is 3.70. The molecule has 4 nitrogen and oxygen atoms in total. The number of aromatic nitrogens is 1. The van der Waals surface area contributed by atoms with E-state index in [1.807, 2.05) is 4.90 Å². The van der Waals surface area contributed by atoms with Gasteiger partial charge in [0, 0.05) is 30.4 Å². The Balaban J connectivity index is 1.69. The molecule has 1 aromatic rings. The second-order valence-corrected chi connectivity index (χ2v) is 6.58. The van der Waals surface area contributed by atoms with Crippen LogP contribution in [-0.4, -0.2) is 35.5 Å². The summed E-state index contributed by atoms with van der Waals surface area (Å²) in [5.41, 5.74) is 1.35. The van der Waals surface area contributed by atoms with Gasteiger partial charge in [0.2, 0.25) is 5.91 Å². The summed E-state index contributed by atoms with van der Waals surface area (Å²) < 4.78 is 5.54. The van der Waals surface area contributed by atoms with E-state index in [1.54, 1.807) is 11.3 Å². The van der Waals surface area contributed by atoms with E-state index in [2.05, 4.69) is 17.3 Å². The molecule has 0 radical (unpaired) electrons. The summed E-state index contributed by atoms with van der Waals surface area (Å²) in [7, 11) is 0. The summed E-state index contributed by atoms with van der Waals surface area (Å²) in [6, 6.07) is 0. The van der Waals surface area contributed by atoms with Gasteiger partial charge in [0.1, 0.15) is 5.01 Å². The number of amides is 1. The molecular formula is C14H20N2O2S. The third kappa shape index (κ3) is 2.67. The van der Waals surface area contributed by atoms with Crippen LogP contribution < -0.4 is 0 Å². The van der Waals surface area contributed by atoms with E-state index in [0.717, 1.165) is 49.7 Å². The smallest absolute Gasteiger partial charge is 0.222 e. The predicted molar refractivity (Wildman–Crippen MR) is 74.0 cm³/mol. The van der Waals surface area contributed by atoms with Crippen molar-refractivity contribution in [2.75, 3.05) is 19.8 Å². The first-order valence-corrected chi connectivity index (χ1v) is 7.87. The van der Waals surface area contributed by atoms with Crippen molar-refractivity contribution in [3.63, 3.8) is 0 Å². The molecule has 0 saturated carbocycles. The number of piperidine rings is 1. The first-order valence-electron chi connectivity index (χ1n) is 7.00. The lowest BCUT2D eigenvalue weighted by atomic mass is 9.79. The number of ether oxygens (including phenoxy) is 1. The van der Waals surface area contributed by atoms with E-state index in [9.17, 15) is 4.79 Å². The van der Waals surface area contributed by atoms with Gasteiger partial charge in [-0.2, -0.15) is 0 Å². The van der Waals surface area contributed by atoms with Gasteiger partial charge in [-0.05, 0) is 19.3 Å². The molecule has 5 heteroatoms. The van der Waals surface area contributed by atoms with Gasteiger partial charge >= 0.3 is 0 Å². The lowest BCUT2D eigenvalue weighted by Crippen LogP contribution is -2.46. The molecular weight excluding hydrogens is 260 g/mol. The van der Waals surface area contributed by atoms with Gasteiger partial charge in [-0.1, -0.05) is 6.92 Å². The maximum atomic E-state index is 12.1. The van der Waals surface area contributed by atoms with Crippen LogP contribution in [0.5, 0.6) is 0 Å². The van der Waals surface area contributed by atoms with Crippen molar-refractivity contribution >= 4 is 17.2 Å². The van der Waals surface area contributed by atoms with Crippen LogP contribution in [0, 0.1) is 5.41 Å². The highest BCUT2D eigenvalue weighted by Gasteiger charge is 2.41. The minimum absolute atomic E-state index is 0.221. The first kappa shape index (κ1) is 13.1. The maximum absolute atomic E-state index is 12.1. The quantitative estimate of drug-likeness (QED) is 0.852. The summed E-state index contributed by atoms with van der Waals surface area (Å²) in [6.45, 7) is 5.28. The number of rotatable bonds is 3. The molecule has 0 unspecified atom stereocenters. The Morgan fingerprint density at radius 3 is 3.11 bits per heavy atom. The van der Waals surface area contributed by atoms with Gasteiger partial charge in [-0.15, -0.1) is 11.3 Å². The Labute approximate surface area is 117 Å². The van der Waals surface area contributed by atoms with Crippen molar-refractivity contribution < 1.29 is 9.53 Å². The van der Waals surface area contributed by atoms with Gasteiger partial charge in [0.15, 0.2) is 0 Å². The van der Waals surface area contributed by atoms with Crippen LogP contribution in [0.15, 0.2) is 5.38 Å². The standard InChI is InChI=1S/C14H20N2O2S/c1-2-11-8-19-12(15-11)7-16-9-14(4-3-13(16)17)5-6-18-10-14/h8H,2-7,9-10H2,1H3/t14-/m0/s1. The second kappa shape index (κ2) is 5.21. The Morgan fingerprint density at radius 2 is 2.42 bits per heavy atom. The Bertz CT molecular complexity index is 466. The summed E-state index contributed by atoms with van der Waals surface area (Å²) in [5.74, 6) is 0.269. The molecule has 3 heterocycles. The third-order valence-corrected chi connectivity index (χ3v) is 5.10. The minimum atomic E-state index is 0.221. The first-order chi connectivity index (χ1) is 9.21. The van der Waals surface area contributed by atoms with Crippen LogP contribution in [0.3, 0.4) is 0 Å². The average Bonchev–Trinajstić information content (AvgIpc) is 3.04. The van der Waals surface area contributed by atoms with E-state index in [0.29, 0.717) is 13.0 Å². The fourth-order valence-corrected chi connectivity index (χ4v) is 3.86. The van der Waals surface area contributed by atoms with Crippen LogP contribution in [0.2, 0.25) is 0 Å². The van der Waals surface area contributed by atoms with Gasteiger partial charge in [-0.3, -0.25) is 4.79 Å². The number of hydrogen-bond donors (Lipinski definition) is 0. The van der Waals surface area contributed by atoms with E-state index < -0.39 is 0 Å². The molecule has 0 aliphatic carbocycles. The van der Waals surface area contributed by atoms with Crippen molar-refractivity contribution in [3.05, 3.63) is 16.1 Å². The van der Waals surface area contributed by atoms with Crippen molar-refractivity contribution in [2.24, 2.45) is 5.41 Å².